The Balaban J connectivity index is 1.23. The van der Waals surface area contributed by atoms with Gasteiger partial charge in [-0.25, -0.2) is 0 Å². The summed E-state index contributed by atoms with van der Waals surface area (Å²) in [6, 6.07) is 31.6. The van der Waals surface area contributed by atoms with E-state index in [2.05, 4.69) is 43.7 Å². The summed E-state index contributed by atoms with van der Waals surface area (Å²) in [6.07, 6.45) is 3.39. The van der Waals surface area contributed by atoms with Crippen LogP contribution < -0.4 is 14.5 Å². The van der Waals surface area contributed by atoms with E-state index < -0.39 is 12.7 Å². The molecule has 4 aromatic carbocycles. The van der Waals surface area contributed by atoms with Crippen LogP contribution in [0.2, 0.25) is 0 Å². The number of halogens is 2. The molecule has 3 amide bonds. The molecule has 0 radical (unpaired) electrons. The van der Waals surface area contributed by atoms with Gasteiger partial charge in [0.1, 0.15) is 11.8 Å². The number of ether oxygens (including phenoxy) is 1. The Labute approximate surface area is 334 Å². The second kappa shape index (κ2) is 19.4. The Kier molecular flexibility index (Phi) is 13.9. The van der Waals surface area contributed by atoms with E-state index >= 15 is 0 Å². The molecule has 2 fully saturated rings. The van der Waals surface area contributed by atoms with Crippen molar-refractivity contribution in [3.05, 3.63) is 131 Å². The lowest BCUT2D eigenvalue weighted by Gasteiger charge is -2.39. The van der Waals surface area contributed by atoms with Crippen LogP contribution >= 0.6 is 0 Å². The number of anilines is 2. The van der Waals surface area contributed by atoms with E-state index in [1.165, 1.54) is 23.8 Å². The summed E-state index contributed by atoms with van der Waals surface area (Å²) in [6.45, 7) is 4.91. The maximum Gasteiger partial charge on any atom is 0.387 e. The van der Waals surface area contributed by atoms with Crippen molar-refractivity contribution in [1.82, 2.24) is 19.6 Å². The number of carbonyl (C=O) groups is 3. The van der Waals surface area contributed by atoms with Gasteiger partial charge in [-0.2, -0.15) is 8.78 Å². The molecule has 4 aromatic rings. The molecule has 0 aliphatic carbocycles. The largest absolute Gasteiger partial charge is 0.435 e. The van der Waals surface area contributed by atoms with E-state index in [0.717, 1.165) is 42.1 Å². The zero-order valence-electron chi connectivity index (χ0n) is 33.0. The quantitative estimate of drug-likeness (QED) is 0.145. The van der Waals surface area contributed by atoms with Gasteiger partial charge in [-0.1, -0.05) is 66.7 Å². The summed E-state index contributed by atoms with van der Waals surface area (Å²) in [4.78, 5) is 53.0. The van der Waals surface area contributed by atoms with E-state index in [1.807, 2.05) is 78.5 Å². The number of rotatable bonds is 14. The molecule has 2 aliphatic rings. The van der Waals surface area contributed by atoms with Crippen molar-refractivity contribution in [1.29, 1.82) is 0 Å². The molecule has 0 unspecified atom stereocenters. The van der Waals surface area contributed by atoms with Crippen molar-refractivity contribution < 1.29 is 27.9 Å². The van der Waals surface area contributed by atoms with Gasteiger partial charge in [0.2, 0.25) is 17.7 Å². The summed E-state index contributed by atoms with van der Waals surface area (Å²) >= 11 is 0. The fourth-order valence-electron chi connectivity index (χ4n) is 7.32. The lowest BCUT2D eigenvalue weighted by Crippen LogP contribution is -2.56. The first-order valence-corrected chi connectivity index (χ1v) is 19.5. The normalized spacial score (nSPS) is 15.5. The van der Waals surface area contributed by atoms with Gasteiger partial charge in [0.15, 0.2) is 0 Å². The molecule has 2 saturated heterocycles. The molecule has 0 N–H and O–H groups in total. The van der Waals surface area contributed by atoms with Gasteiger partial charge < -0.3 is 29.2 Å². The maximum absolute atomic E-state index is 14.7. The van der Waals surface area contributed by atoms with Crippen LogP contribution in [0.15, 0.2) is 109 Å². The fourth-order valence-corrected chi connectivity index (χ4v) is 7.32. The van der Waals surface area contributed by atoms with Crippen molar-refractivity contribution in [2.24, 2.45) is 0 Å². The molecule has 0 saturated carbocycles. The minimum atomic E-state index is -2.94. The molecule has 6 rings (SSSR count). The third-order valence-corrected chi connectivity index (χ3v) is 10.7. The van der Waals surface area contributed by atoms with Crippen molar-refractivity contribution >= 4 is 35.2 Å². The Morgan fingerprint density at radius 1 is 0.719 bits per heavy atom. The first-order valence-electron chi connectivity index (χ1n) is 19.5. The van der Waals surface area contributed by atoms with Crippen LogP contribution in [0.25, 0.3) is 6.08 Å². The minimum absolute atomic E-state index is 0.0233. The Hall–Kier alpha value is -5.75. The zero-order valence-corrected chi connectivity index (χ0v) is 33.0. The van der Waals surface area contributed by atoms with Crippen molar-refractivity contribution in [2.75, 3.05) is 76.3 Å². The number of hydrogen-bond donors (Lipinski definition) is 0. The van der Waals surface area contributed by atoms with Crippen LogP contribution in [-0.4, -0.2) is 116 Å². The SMILES string of the molecule is CC(=O)N1CCN(c2ccc(CN(C(=O)/C=C/c3ccc(OC(F)F)cc3)[C@@H](Cc3ccccc3)C(=O)N3CCN(Cc4ccc(N(C)C)cc4)CC3)cc2)CC1. The summed E-state index contributed by atoms with van der Waals surface area (Å²) in [5, 5.41) is 0. The molecule has 10 nitrogen and oxygen atoms in total. The molecule has 57 heavy (non-hydrogen) atoms. The van der Waals surface area contributed by atoms with Crippen molar-refractivity contribution in [3.8, 4) is 5.75 Å². The Bertz CT molecular complexity index is 1940. The van der Waals surface area contributed by atoms with Crippen LogP contribution in [0, 0.1) is 0 Å². The van der Waals surface area contributed by atoms with Gasteiger partial charge in [-0.15, -0.1) is 0 Å². The summed E-state index contributed by atoms with van der Waals surface area (Å²) in [5.74, 6) is -0.352. The molecule has 2 heterocycles. The standard InChI is InChI=1S/C45H52F2N6O4/c1-34(54)50-27-29-51(30-28-50)40-18-11-38(12-19-40)33-53(43(55)22-15-35-13-20-41(21-14-35)57-45(46)47)42(31-36-7-5-4-6-8-36)44(56)52-25-23-49(24-26-52)32-37-9-16-39(17-10-37)48(2)3/h4-22,42,45H,23-33H2,1-3H3/b22-15+/t42-/m0/s1. The van der Waals surface area contributed by atoms with Gasteiger partial charge in [0, 0.05) is 110 Å². The predicted molar refractivity (Wildman–Crippen MR) is 220 cm³/mol. The van der Waals surface area contributed by atoms with Gasteiger partial charge in [-0.3, -0.25) is 19.3 Å². The first kappa shape index (κ1) is 40.9. The zero-order chi connectivity index (χ0) is 40.3. The highest BCUT2D eigenvalue weighted by atomic mass is 19.3. The van der Waals surface area contributed by atoms with Gasteiger partial charge in [-0.05, 0) is 64.7 Å². The lowest BCUT2D eigenvalue weighted by molar-refractivity contribution is -0.145. The predicted octanol–water partition coefficient (Wildman–Crippen LogP) is 6.02. The van der Waals surface area contributed by atoms with Gasteiger partial charge in [0.05, 0.1) is 0 Å². The van der Waals surface area contributed by atoms with Gasteiger partial charge >= 0.3 is 6.61 Å². The molecule has 0 bridgehead atoms. The summed E-state index contributed by atoms with van der Waals surface area (Å²) < 4.78 is 30.0. The number of carbonyl (C=O) groups excluding carboxylic acids is 3. The maximum atomic E-state index is 14.7. The molecular formula is C45H52F2N6O4. The average Bonchev–Trinajstić information content (AvgIpc) is 3.22. The molecule has 2 aliphatic heterocycles. The number of alkyl halides is 2. The number of piperazine rings is 2. The second-order valence-corrected chi connectivity index (χ2v) is 14.8. The second-order valence-electron chi connectivity index (χ2n) is 14.8. The van der Waals surface area contributed by atoms with Crippen LogP contribution in [0.5, 0.6) is 5.75 Å². The van der Waals surface area contributed by atoms with E-state index in [4.69, 9.17) is 0 Å². The smallest absolute Gasteiger partial charge is 0.387 e. The van der Waals surface area contributed by atoms with Crippen LogP contribution in [0.4, 0.5) is 20.2 Å². The lowest BCUT2D eigenvalue weighted by atomic mass is 10.0. The van der Waals surface area contributed by atoms with E-state index in [-0.39, 0.29) is 30.0 Å². The number of benzene rings is 4. The van der Waals surface area contributed by atoms with Crippen molar-refractivity contribution in [3.63, 3.8) is 0 Å². The van der Waals surface area contributed by atoms with E-state index in [9.17, 15) is 23.2 Å². The summed E-state index contributed by atoms with van der Waals surface area (Å²) in [7, 11) is 4.04. The van der Waals surface area contributed by atoms with Crippen LogP contribution in [0.3, 0.4) is 0 Å². The van der Waals surface area contributed by atoms with E-state index in [1.54, 1.807) is 30.0 Å². The average molecular weight is 779 g/mol. The van der Waals surface area contributed by atoms with E-state index in [0.29, 0.717) is 51.3 Å². The first-order chi connectivity index (χ1) is 27.5. The highest BCUT2D eigenvalue weighted by Crippen LogP contribution is 2.23. The number of hydrogen-bond acceptors (Lipinski definition) is 7. The molecule has 0 spiro atoms. The molecule has 300 valence electrons. The van der Waals surface area contributed by atoms with Crippen molar-refractivity contribution in [2.45, 2.75) is 39.1 Å². The van der Waals surface area contributed by atoms with Gasteiger partial charge in [0.25, 0.3) is 0 Å². The van der Waals surface area contributed by atoms with Crippen LogP contribution in [-0.2, 0) is 33.9 Å². The topological polar surface area (TPSA) is 79.9 Å². The third kappa shape index (κ3) is 11.4. The molecule has 1 atom stereocenters. The fraction of sp³-hybridized carbons (Fsp3) is 0.356. The molecule has 12 heteroatoms. The summed E-state index contributed by atoms with van der Waals surface area (Å²) in [5.41, 5.74) is 5.82. The number of nitrogens with zero attached hydrogens (tertiary/aromatic N) is 6. The number of amides is 3. The minimum Gasteiger partial charge on any atom is -0.435 e. The monoisotopic (exact) mass is 778 g/mol. The molecular weight excluding hydrogens is 727 g/mol. The third-order valence-electron chi connectivity index (χ3n) is 10.7. The highest BCUT2D eigenvalue weighted by Gasteiger charge is 2.34. The Morgan fingerprint density at radius 3 is 1.93 bits per heavy atom. The molecule has 0 aromatic heterocycles. The highest BCUT2D eigenvalue weighted by molar-refractivity contribution is 5.96. The van der Waals surface area contributed by atoms with Crippen LogP contribution in [0.1, 0.15) is 29.2 Å². The Morgan fingerprint density at radius 2 is 1.33 bits per heavy atom.